The van der Waals surface area contributed by atoms with E-state index in [1.54, 1.807) is 6.20 Å². The summed E-state index contributed by atoms with van der Waals surface area (Å²) in [5.74, 6) is 1.97. The Kier molecular flexibility index (Phi) is 4.99. The molecule has 6 heteroatoms. The zero-order chi connectivity index (χ0) is 13.7. The van der Waals surface area contributed by atoms with E-state index in [1.165, 1.54) is 0 Å². The summed E-state index contributed by atoms with van der Waals surface area (Å²) in [4.78, 5) is 11.9. The average molecular weight is 282 g/mol. The number of nitrogens with zero attached hydrogens (tertiary/aromatic N) is 3. The maximum Gasteiger partial charge on any atom is 0.151 e. The minimum absolute atomic E-state index is 0.568. The second kappa shape index (κ2) is 6.73. The first-order valence-corrected chi connectivity index (χ1v) is 6.98. The van der Waals surface area contributed by atoms with Crippen molar-refractivity contribution in [3.05, 3.63) is 34.9 Å². The van der Waals surface area contributed by atoms with E-state index in [0.717, 1.165) is 36.6 Å². The summed E-state index contributed by atoms with van der Waals surface area (Å²) in [6, 6.07) is 0. The molecule has 0 aliphatic heterocycles. The molecule has 0 aliphatic carbocycles. The van der Waals surface area contributed by atoms with Gasteiger partial charge in [0.15, 0.2) is 5.15 Å². The standard InChI is InChI=1S/C13H20ClN5/c1-3-4-5-11-17-10(13(14)18-11)8-15-9-12-16-6-7-19(12)2/h6-7,15H,3-5,8-9H2,1-2H3,(H,17,18). The third kappa shape index (κ3) is 3.81. The molecule has 0 atom stereocenters. The van der Waals surface area contributed by atoms with Crippen LogP contribution in [-0.2, 0) is 26.6 Å². The zero-order valence-electron chi connectivity index (χ0n) is 11.4. The van der Waals surface area contributed by atoms with Crippen LogP contribution in [0.4, 0.5) is 0 Å². The van der Waals surface area contributed by atoms with E-state index in [-0.39, 0.29) is 0 Å². The van der Waals surface area contributed by atoms with Crippen LogP contribution in [0.2, 0.25) is 5.15 Å². The number of aromatic amines is 1. The molecule has 2 rings (SSSR count). The highest BCUT2D eigenvalue weighted by Crippen LogP contribution is 2.14. The Labute approximate surface area is 118 Å². The maximum atomic E-state index is 6.11. The lowest BCUT2D eigenvalue weighted by molar-refractivity contribution is 0.631. The molecule has 0 saturated carbocycles. The molecule has 0 unspecified atom stereocenters. The average Bonchev–Trinajstić information content (AvgIpc) is 2.95. The van der Waals surface area contributed by atoms with Crippen molar-refractivity contribution in [1.29, 1.82) is 0 Å². The highest BCUT2D eigenvalue weighted by molar-refractivity contribution is 6.30. The number of aromatic nitrogens is 4. The van der Waals surface area contributed by atoms with Crippen molar-refractivity contribution in [2.75, 3.05) is 0 Å². The molecule has 0 bridgehead atoms. The van der Waals surface area contributed by atoms with Gasteiger partial charge >= 0.3 is 0 Å². The highest BCUT2D eigenvalue weighted by atomic mass is 35.5. The van der Waals surface area contributed by atoms with Crippen LogP contribution in [0.3, 0.4) is 0 Å². The van der Waals surface area contributed by atoms with Gasteiger partial charge in [-0.05, 0) is 6.42 Å². The molecule has 0 spiro atoms. The molecule has 104 valence electrons. The van der Waals surface area contributed by atoms with Gasteiger partial charge in [0, 0.05) is 32.4 Å². The van der Waals surface area contributed by atoms with Crippen molar-refractivity contribution < 1.29 is 0 Å². The lowest BCUT2D eigenvalue weighted by Crippen LogP contribution is -2.16. The topological polar surface area (TPSA) is 58.5 Å². The van der Waals surface area contributed by atoms with Gasteiger partial charge in [-0.15, -0.1) is 0 Å². The fourth-order valence-corrected chi connectivity index (χ4v) is 2.10. The number of imidazole rings is 2. The van der Waals surface area contributed by atoms with E-state index in [1.807, 2.05) is 17.8 Å². The molecule has 0 aromatic carbocycles. The first kappa shape index (κ1) is 14.1. The molecule has 0 amide bonds. The molecule has 0 aliphatic rings. The fraction of sp³-hybridized carbons (Fsp3) is 0.538. The Morgan fingerprint density at radius 3 is 2.95 bits per heavy atom. The molecular weight excluding hydrogens is 262 g/mol. The summed E-state index contributed by atoms with van der Waals surface area (Å²) in [5, 5.41) is 3.88. The smallest absolute Gasteiger partial charge is 0.151 e. The number of halogens is 1. The van der Waals surface area contributed by atoms with Gasteiger partial charge in [-0.1, -0.05) is 24.9 Å². The van der Waals surface area contributed by atoms with Crippen molar-refractivity contribution in [3.63, 3.8) is 0 Å². The predicted octanol–water partition coefficient (Wildman–Crippen LogP) is 2.43. The van der Waals surface area contributed by atoms with Crippen LogP contribution in [0.25, 0.3) is 0 Å². The van der Waals surface area contributed by atoms with Gasteiger partial charge in [-0.2, -0.15) is 0 Å². The Morgan fingerprint density at radius 1 is 1.42 bits per heavy atom. The van der Waals surface area contributed by atoms with Crippen LogP contribution in [0.1, 0.15) is 37.1 Å². The number of H-pyrrole nitrogens is 1. The minimum Gasteiger partial charge on any atom is -0.344 e. The van der Waals surface area contributed by atoms with Gasteiger partial charge in [-0.25, -0.2) is 9.97 Å². The monoisotopic (exact) mass is 281 g/mol. The first-order valence-electron chi connectivity index (χ1n) is 6.61. The van der Waals surface area contributed by atoms with Gasteiger partial charge in [0.05, 0.1) is 12.2 Å². The van der Waals surface area contributed by atoms with E-state index in [4.69, 9.17) is 11.6 Å². The molecule has 5 nitrogen and oxygen atoms in total. The SMILES string of the molecule is CCCCc1nc(Cl)c(CNCc2nccn2C)[nH]1. The largest absolute Gasteiger partial charge is 0.344 e. The third-order valence-electron chi connectivity index (χ3n) is 3.05. The quantitative estimate of drug-likeness (QED) is 0.819. The summed E-state index contributed by atoms with van der Waals surface area (Å²) in [7, 11) is 1.98. The van der Waals surface area contributed by atoms with Crippen molar-refractivity contribution in [1.82, 2.24) is 24.8 Å². The number of hydrogen-bond donors (Lipinski definition) is 2. The molecule has 0 radical (unpaired) electrons. The third-order valence-corrected chi connectivity index (χ3v) is 3.36. The summed E-state index contributed by atoms with van der Waals surface area (Å²) in [5.41, 5.74) is 0.946. The molecule has 2 heterocycles. The van der Waals surface area contributed by atoms with Gasteiger partial charge in [-0.3, -0.25) is 0 Å². The normalized spacial score (nSPS) is 11.1. The van der Waals surface area contributed by atoms with E-state index in [9.17, 15) is 0 Å². The number of aryl methyl sites for hydroxylation is 2. The minimum atomic E-state index is 0.568. The van der Waals surface area contributed by atoms with Crippen LogP contribution in [0.15, 0.2) is 12.4 Å². The molecule has 2 aromatic rings. The Balaban J connectivity index is 1.85. The number of nitrogens with one attached hydrogen (secondary N) is 2. The summed E-state index contributed by atoms with van der Waals surface area (Å²) in [6.07, 6.45) is 6.97. The van der Waals surface area contributed by atoms with Crippen LogP contribution in [0.5, 0.6) is 0 Å². The molecule has 2 aromatic heterocycles. The molecule has 0 fully saturated rings. The van der Waals surface area contributed by atoms with Crippen molar-refractivity contribution >= 4 is 11.6 Å². The van der Waals surface area contributed by atoms with Crippen LogP contribution < -0.4 is 5.32 Å². The molecule has 19 heavy (non-hydrogen) atoms. The van der Waals surface area contributed by atoms with Gasteiger partial charge in [0.25, 0.3) is 0 Å². The number of rotatable bonds is 7. The predicted molar refractivity (Wildman–Crippen MR) is 76.0 cm³/mol. The molecular formula is C13H20ClN5. The van der Waals surface area contributed by atoms with Gasteiger partial charge in [0.2, 0.25) is 0 Å². The molecule has 0 saturated heterocycles. The lowest BCUT2D eigenvalue weighted by atomic mass is 10.2. The van der Waals surface area contributed by atoms with Crippen LogP contribution in [0, 0.1) is 0 Å². The first-order chi connectivity index (χ1) is 9.20. The summed E-state index contributed by atoms with van der Waals surface area (Å²) >= 11 is 6.11. The summed E-state index contributed by atoms with van der Waals surface area (Å²) < 4.78 is 1.99. The van der Waals surface area contributed by atoms with Crippen molar-refractivity contribution in [2.24, 2.45) is 7.05 Å². The summed E-state index contributed by atoms with van der Waals surface area (Å²) in [6.45, 7) is 3.55. The van der Waals surface area contributed by atoms with Gasteiger partial charge < -0.3 is 14.9 Å². The number of hydrogen-bond acceptors (Lipinski definition) is 3. The van der Waals surface area contributed by atoms with Gasteiger partial charge in [0.1, 0.15) is 11.6 Å². The second-order valence-corrected chi connectivity index (χ2v) is 4.97. The van der Waals surface area contributed by atoms with Crippen LogP contribution in [-0.4, -0.2) is 19.5 Å². The highest BCUT2D eigenvalue weighted by Gasteiger charge is 2.08. The van der Waals surface area contributed by atoms with E-state index in [0.29, 0.717) is 18.2 Å². The Bertz CT molecular complexity index is 517. The fourth-order valence-electron chi connectivity index (χ4n) is 1.89. The van der Waals surface area contributed by atoms with E-state index < -0.39 is 0 Å². The second-order valence-electron chi connectivity index (χ2n) is 4.61. The lowest BCUT2D eigenvalue weighted by Gasteiger charge is -2.03. The van der Waals surface area contributed by atoms with Crippen molar-refractivity contribution in [3.8, 4) is 0 Å². The van der Waals surface area contributed by atoms with E-state index >= 15 is 0 Å². The van der Waals surface area contributed by atoms with Crippen molar-refractivity contribution in [2.45, 2.75) is 39.3 Å². The van der Waals surface area contributed by atoms with Crippen LogP contribution >= 0.6 is 11.6 Å². The van der Waals surface area contributed by atoms with E-state index in [2.05, 4.69) is 27.2 Å². The number of unbranched alkanes of at least 4 members (excludes halogenated alkanes) is 1. The maximum absolute atomic E-state index is 6.11. The Morgan fingerprint density at radius 2 is 2.26 bits per heavy atom. The Hall–Kier alpha value is -1.33. The zero-order valence-corrected chi connectivity index (χ0v) is 12.2. The molecule has 2 N–H and O–H groups in total.